The van der Waals surface area contributed by atoms with Crippen LogP contribution < -0.4 is 5.32 Å². The van der Waals surface area contributed by atoms with Crippen LogP contribution >= 0.6 is 12.6 Å². The van der Waals surface area contributed by atoms with Crippen LogP contribution in [0.4, 0.5) is 0 Å². The van der Waals surface area contributed by atoms with Crippen LogP contribution in [0.3, 0.4) is 0 Å². The van der Waals surface area contributed by atoms with Crippen LogP contribution in [0.15, 0.2) is 0 Å². The summed E-state index contributed by atoms with van der Waals surface area (Å²) in [6.07, 6.45) is 9.77. The third-order valence-corrected chi connectivity index (χ3v) is 4.29. The summed E-state index contributed by atoms with van der Waals surface area (Å²) < 4.78 is 0. The first-order valence-corrected chi connectivity index (χ1v) is 6.31. The fraction of sp³-hybridized carbons (Fsp3) is 1.00. The zero-order chi connectivity index (χ0) is 9.10. The van der Waals surface area contributed by atoms with Crippen molar-refractivity contribution in [3.8, 4) is 0 Å². The van der Waals surface area contributed by atoms with Gasteiger partial charge < -0.3 is 5.32 Å². The highest BCUT2D eigenvalue weighted by atomic mass is 32.1. The third kappa shape index (κ3) is 2.41. The molecule has 1 N–H and O–H groups in total. The topological polar surface area (TPSA) is 12.0 Å². The summed E-state index contributed by atoms with van der Waals surface area (Å²) in [5, 5.41) is 4.34. The predicted molar refractivity (Wildman–Crippen MR) is 60.4 cm³/mol. The second kappa shape index (κ2) is 4.70. The lowest BCUT2D eigenvalue weighted by Gasteiger charge is -2.37. The molecule has 0 aromatic heterocycles. The Kier molecular flexibility index (Phi) is 3.56. The average Bonchev–Trinajstić information content (AvgIpc) is 2.20. The molecule has 2 aliphatic rings. The Morgan fingerprint density at radius 1 is 0.923 bits per heavy atom. The highest BCUT2D eigenvalue weighted by Crippen LogP contribution is 2.33. The molecule has 0 spiro atoms. The molecule has 0 bridgehead atoms. The Morgan fingerprint density at radius 3 is 2.38 bits per heavy atom. The lowest BCUT2D eigenvalue weighted by atomic mass is 9.80. The Labute approximate surface area is 87.1 Å². The first-order valence-electron chi connectivity index (χ1n) is 5.79. The highest BCUT2D eigenvalue weighted by molar-refractivity contribution is 7.81. The number of nitrogens with one attached hydrogen (secondary N) is 1. The molecular formula is C11H21NS. The first-order chi connectivity index (χ1) is 6.38. The van der Waals surface area contributed by atoms with Gasteiger partial charge in [-0.2, -0.15) is 12.6 Å². The summed E-state index contributed by atoms with van der Waals surface area (Å²) in [5.41, 5.74) is 0. The zero-order valence-electron chi connectivity index (χ0n) is 8.34. The van der Waals surface area contributed by atoms with Crippen molar-refractivity contribution in [2.24, 2.45) is 5.92 Å². The van der Waals surface area contributed by atoms with Crippen LogP contribution in [0.25, 0.3) is 0 Å². The van der Waals surface area contributed by atoms with Crippen LogP contribution in [-0.2, 0) is 0 Å². The van der Waals surface area contributed by atoms with Crippen molar-refractivity contribution in [2.45, 2.75) is 56.2 Å². The number of hydrogen-bond donors (Lipinski definition) is 2. The summed E-state index contributed by atoms with van der Waals surface area (Å²) in [5.74, 6) is 0.859. The molecule has 1 saturated heterocycles. The Morgan fingerprint density at radius 2 is 1.69 bits per heavy atom. The van der Waals surface area contributed by atoms with Gasteiger partial charge in [0.05, 0.1) is 0 Å². The van der Waals surface area contributed by atoms with E-state index in [4.69, 9.17) is 12.6 Å². The van der Waals surface area contributed by atoms with Crippen LogP contribution in [0.1, 0.15) is 44.9 Å². The summed E-state index contributed by atoms with van der Waals surface area (Å²) in [6.45, 7) is 1.24. The van der Waals surface area contributed by atoms with Crippen LogP contribution in [-0.4, -0.2) is 17.8 Å². The minimum atomic E-state index is 0.671. The summed E-state index contributed by atoms with van der Waals surface area (Å²) in [6, 6.07) is 0.788. The number of hydrogen-bond acceptors (Lipinski definition) is 2. The summed E-state index contributed by atoms with van der Waals surface area (Å²) >= 11 is 4.73. The maximum atomic E-state index is 4.73. The fourth-order valence-corrected chi connectivity index (χ4v) is 3.39. The molecule has 2 fully saturated rings. The molecule has 0 radical (unpaired) electrons. The van der Waals surface area contributed by atoms with Crippen LogP contribution in [0.5, 0.6) is 0 Å². The van der Waals surface area contributed by atoms with E-state index >= 15 is 0 Å². The van der Waals surface area contributed by atoms with Crippen molar-refractivity contribution in [1.29, 1.82) is 0 Å². The minimum absolute atomic E-state index is 0.671. The molecule has 1 aliphatic carbocycles. The molecule has 1 aliphatic heterocycles. The van der Waals surface area contributed by atoms with Gasteiger partial charge >= 0.3 is 0 Å². The lowest BCUT2D eigenvalue weighted by molar-refractivity contribution is 0.243. The third-order valence-electron chi connectivity index (χ3n) is 3.65. The van der Waals surface area contributed by atoms with E-state index in [2.05, 4.69) is 5.32 Å². The van der Waals surface area contributed by atoms with E-state index in [-0.39, 0.29) is 0 Å². The maximum absolute atomic E-state index is 4.73. The van der Waals surface area contributed by atoms with Crippen molar-refractivity contribution in [2.75, 3.05) is 6.54 Å². The van der Waals surface area contributed by atoms with Crippen molar-refractivity contribution in [3.63, 3.8) is 0 Å². The number of rotatable bonds is 1. The normalized spacial score (nSPS) is 41.8. The average molecular weight is 199 g/mol. The molecule has 1 saturated carbocycles. The standard InChI is InChI=1S/C11H21NS/c13-11-7-2-1-5-9(11)10-6-3-4-8-12-10/h9-13H,1-8H2. The van der Waals surface area contributed by atoms with E-state index in [0.717, 1.165) is 12.0 Å². The molecule has 0 amide bonds. The van der Waals surface area contributed by atoms with Crippen molar-refractivity contribution in [3.05, 3.63) is 0 Å². The molecule has 0 aromatic rings. The maximum Gasteiger partial charge on any atom is 0.0106 e. The Bertz CT molecular complexity index is 154. The second-order valence-corrected chi connectivity index (χ2v) is 5.24. The van der Waals surface area contributed by atoms with Crippen molar-refractivity contribution in [1.82, 2.24) is 5.32 Å². The molecule has 3 atom stereocenters. The van der Waals surface area contributed by atoms with Gasteiger partial charge in [0.1, 0.15) is 0 Å². The van der Waals surface area contributed by atoms with Gasteiger partial charge in [-0.25, -0.2) is 0 Å². The van der Waals surface area contributed by atoms with Crippen LogP contribution in [0, 0.1) is 5.92 Å². The summed E-state index contributed by atoms with van der Waals surface area (Å²) in [4.78, 5) is 0. The molecule has 1 heterocycles. The van der Waals surface area contributed by atoms with E-state index < -0.39 is 0 Å². The van der Waals surface area contributed by atoms with E-state index in [9.17, 15) is 0 Å². The van der Waals surface area contributed by atoms with Gasteiger partial charge in [-0.3, -0.25) is 0 Å². The summed E-state index contributed by atoms with van der Waals surface area (Å²) in [7, 11) is 0. The quantitative estimate of drug-likeness (QED) is 0.619. The highest BCUT2D eigenvalue weighted by Gasteiger charge is 2.30. The minimum Gasteiger partial charge on any atom is -0.314 e. The van der Waals surface area contributed by atoms with E-state index in [1.54, 1.807) is 0 Å². The van der Waals surface area contributed by atoms with Gasteiger partial charge in [0.2, 0.25) is 0 Å². The molecule has 2 rings (SSSR count). The molecule has 3 unspecified atom stereocenters. The number of thiol groups is 1. The number of piperidine rings is 1. The van der Waals surface area contributed by atoms with Crippen molar-refractivity contribution < 1.29 is 0 Å². The van der Waals surface area contributed by atoms with Gasteiger partial charge in [0, 0.05) is 11.3 Å². The van der Waals surface area contributed by atoms with Gasteiger partial charge in [-0.05, 0) is 38.1 Å². The predicted octanol–water partition coefficient (Wildman–Crippen LogP) is 2.62. The zero-order valence-corrected chi connectivity index (χ0v) is 9.23. The fourth-order valence-electron chi connectivity index (χ4n) is 2.85. The molecular weight excluding hydrogens is 178 g/mol. The molecule has 0 aromatic carbocycles. The molecule has 2 heteroatoms. The molecule has 1 nitrogen and oxygen atoms in total. The lowest BCUT2D eigenvalue weighted by Crippen LogP contribution is -2.44. The van der Waals surface area contributed by atoms with E-state index in [1.165, 1.54) is 51.5 Å². The Hall–Kier alpha value is 0.310. The molecule has 76 valence electrons. The largest absolute Gasteiger partial charge is 0.314 e. The smallest absolute Gasteiger partial charge is 0.0106 e. The monoisotopic (exact) mass is 199 g/mol. The van der Waals surface area contributed by atoms with Gasteiger partial charge in [-0.1, -0.05) is 19.3 Å². The van der Waals surface area contributed by atoms with Crippen LogP contribution in [0.2, 0.25) is 0 Å². The van der Waals surface area contributed by atoms with Gasteiger partial charge in [0.15, 0.2) is 0 Å². The van der Waals surface area contributed by atoms with Gasteiger partial charge in [0.25, 0.3) is 0 Å². The van der Waals surface area contributed by atoms with Crippen molar-refractivity contribution >= 4 is 12.6 Å². The van der Waals surface area contributed by atoms with E-state index in [1.807, 2.05) is 0 Å². The van der Waals surface area contributed by atoms with E-state index in [0.29, 0.717) is 5.25 Å². The second-order valence-electron chi connectivity index (χ2n) is 4.57. The van der Waals surface area contributed by atoms with Gasteiger partial charge in [-0.15, -0.1) is 0 Å². The molecule has 13 heavy (non-hydrogen) atoms. The Balaban J connectivity index is 1.88. The first kappa shape index (κ1) is 9.85. The SMILES string of the molecule is SC1CCCCC1C1CCCCN1.